The molecule has 6 heterocycles. The highest BCUT2D eigenvalue weighted by Crippen LogP contribution is 2.48. The summed E-state index contributed by atoms with van der Waals surface area (Å²) in [5.41, 5.74) is 2.16. The molecule has 4 aromatic rings. The number of carbonyl (C=O) groups is 9. The predicted octanol–water partition coefficient (Wildman–Crippen LogP) is 0.767. The number of unbranched alkanes of at least 4 members (excludes halogenated alkanes) is 2. The van der Waals surface area contributed by atoms with Crippen molar-refractivity contribution in [1.82, 2.24) is 45.9 Å². The number of imide groups is 1. The minimum Gasteiger partial charge on any atom is -0.458 e. The number of likely N-dealkylation sites (tertiary alicyclic amines) is 1. The summed E-state index contributed by atoms with van der Waals surface area (Å²) in [4.78, 5) is 136. The largest absolute Gasteiger partial charge is 0.458 e. The third kappa shape index (κ3) is 11.1. The van der Waals surface area contributed by atoms with Crippen molar-refractivity contribution < 1.29 is 62.1 Å². The number of fused-ring (bicyclic) bond motifs is 5. The molecule has 2 aromatic carbocycles. The molecule has 0 radical (unpaired) electrons. The van der Waals surface area contributed by atoms with Crippen LogP contribution in [-0.4, -0.2) is 129 Å². The van der Waals surface area contributed by atoms with E-state index in [-0.39, 0.29) is 87.5 Å². The quantitative estimate of drug-likeness (QED) is 0.0256. The van der Waals surface area contributed by atoms with Gasteiger partial charge in [0.05, 0.1) is 67.2 Å². The maximum Gasteiger partial charge on any atom is 0.343 e. The summed E-state index contributed by atoms with van der Waals surface area (Å²) in [6.07, 6.45) is 4.28. The fourth-order valence-corrected chi connectivity index (χ4v) is 10.7. The lowest BCUT2D eigenvalue weighted by molar-refractivity contribution is -0.172. The first kappa shape index (κ1) is 53.6. The van der Waals surface area contributed by atoms with Crippen LogP contribution < -0.4 is 32.1 Å². The second kappa shape index (κ2) is 22.6. The summed E-state index contributed by atoms with van der Waals surface area (Å²) in [5.74, 6) is -5.35. The number of aliphatic hydroxyl groups is 1. The molecule has 4 atom stereocenters. The highest BCUT2D eigenvalue weighted by Gasteiger charge is 2.47. The predicted molar refractivity (Wildman–Crippen MR) is 270 cm³/mol. The van der Waals surface area contributed by atoms with Crippen LogP contribution in [0.2, 0.25) is 0 Å². The zero-order valence-corrected chi connectivity index (χ0v) is 42.5. The molecule has 0 spiro atoms. The number of carbonyl (C=O) groups excluding carboxylic acids is 9. The van der Waals surface area contributed by atoms with Crippen LogP contribution in [-0.2, 0) is 84.2 Å². The molecule has 5 aliphatic rings. The SMILES string of the molecule is CC[C@@]1(O)C(=O)OCc2c1cc1n(c2=O)Cc2c-1nc1cc(F)c(C)c3c1c2[C@@H](N1CC(OCNC(=O)CNC(=O)[C@H](Cc2ccccc2)NC(=O)CNC(=O)CNC(=O)CCCCCN2C(=O)C=CC2=O)CC1=O)CC3. The van der Waals surface area contributed by atoms with E-state index in [4.69, 9.17) is 14.5 Å². The smallest absolute Gasteiger partial charge is 0.343 e. The molecule has 23 heteroatoms. The maximum absolute atomic E-state index is 15.5. The van der Waals surface area contributed by atoms with Crippen LogP contribution in [0.25, 0.3) is 22.3 Å². The third-order valence-electron chi connectivity index (χ3n) is 14.9. The van der Waals surface area contributed by atoms with E-state index < -0.39 is 90.3 Å². The van der Waals surface area contributed by atoms with E-state index in [0.29, 0.717) is 71.1 Å². The van der Waals surface area contributed by atoms with Crippen molar-refractivity contribution in [1.29, 1.82) is 0 Å². The van der Waals surface area contributed by atoms with Crippen LogP contribution in [0.1, 0.15) is 96.9 Å². The molecule has 4 aliphatic heterocycles. The van der Waals surface area contributed by atoms with E-state index in [1.165, 1.54) is 22.8 Å². The van der Waals surface area contributed by atoms with Crippen molar-refractivity contribution in [3.8, 4) is 11.4 Å². The van der Waals surface area contributed by atoms with E-state index in [1.54, 1.807) is 55.1 Å². The van der Waals surface area contributed by atoms with Gasteiger partial charge in [-0.15, -0.1) is 0 Å². The van der Waals surface area contributed by atoms with E-state index in [2.05, 4.69) is 26.6 Å². The first-order valence-electron chi connectivity index (χ1n) is 25.6. The summed E-state index contributed by atoms with van der Waals surface area (Å²) < 4.78 is 28.3. The minimum atomic E-state index is -2.05. The van der Waals surface area contributed by atoms with Gasteiger partial charge in [0.1, 0.15) is 25.2 Å². The lowest BCUT2D eigenvalue weighted by Crippen LogP contribution is -2.52. The number of halogens is 1. The van der Waals surface area contributed by atoms with E-state index >= 15 is 4.39 Å². The lowest BCUT2D eigenvalue weighted by atomic mass is 9.81. The van der Waals surface area contributed by atoms with Crippen LogP contribution in [0, 0.1) is 12.7 Å². The topological polar surface area (TPSA) is 294 Å². The van der Waals surface area contributed by atoms with Crippen molar-refractivity contribution >= 4 is 64.1 Å². The van der Waals surface area contributed by atoms with E-state index in [9.17, 15) is 53.1 Å². The molecular weight excluding hydrogens is 1000 g/mol. The average molecular weight is 1060 g/mol. The molecule has 77 heavy (non-hydrogen) atoms. The molecule has 1 saturated heterocycles. The molecule has 2 aromatic heterocycles. The molecule has 1 fully saturated rings. The number of rotatable bonds is 21. The number of aromatic nitrogens is 2. The fourth-order valence-electron chi connectivity index (χ4n) is 10.7. The summed E-state index contributed by atoms with van der Waals surface area (Å²) in [6.45, 7) is 1.74. The molecular formula is C54H58FN9O13. The van der Waals surface area contributed by atoms with Crippen LogP contribution >= 0.6 is 0 Å². The lowest BCUT2D eigenvalue weighted by Gasteiger charge is -2.35. The summed E-state index contributed by atoms with van der Waals surface area (Å²) in [7, 11) is 0. The molecule has 8 amide bonds. The van der Waals surface area contributed by atoms with Gasteiger partial charge in [-0.1, -0.05) is 43.7 Å². The molecule has 9 rings (SSSR count). The van der Waals surface area contributed by atoms with Crippen LogP contribution in [0.3, 0.4) is 0 Å². The Morgan fingerprint density at radius 2 is 1.60 bits per heavy atom. The highest BCUT2D eigenvalue weighted by atomic mass is 19.1. The second-order valence-corrected chi connectivity index (χ2v) is 19.7. The molecule has 0 bridgehead atoms. The number of nitrogens with zero attached hydrogens (tertiary/aromatic N) is 4. The molecule has 22 nitrogen and oxygen atoms in total. The highest BCUT2D eigenvalue weighted by molar-refractivity contribution is 6.12. The molecule has 6 N–H and O–H groups in total. The van der Waals surface area contributed by atoms with Crippen LogP contribution in [0.4, 0.5) is 4.39 Å². The first-order chi connectivity index (χ1) is 36.9. The van der Waals surface area contributed by atoms with Crippen molar-refractivity contribution in [3.05, 3.63) is 110 Å². The Morgan fingerprint density at radius 3 is 2.35 bits per heavy atom. The van der Waals surface area contributed by atoms with Gasteiger partial charge in [-0.3, -0.25) is 48.1 Å². The average Bonchev–Trinajstić information content (AvgIpc) is 4.29. The Kier molecular flexibility index (Phi) is 15.7. The van der Waals surface area contributed by atoms with Gasteiger partial charge in [-0.25, -0.2) is 14.2 Å². The second-order valence-electron chi connectivity index (χ2n) is 19.7. The van der Waals surface area contributed by atoms with Gasteiger partial charge in [0.2, 0.25) is 35.4 Å². The Labute approximate surface area is 440 Å². The van der Waals surface area contributed by atoms with Crippen molar-refractivity contribution in [3.63, 3.8) is 0 Å². The van der Waals surface area contributed by atoms with Crippen molar-refractivity contribution in [2.75, 3.05) is 39.5 Å². The Morgan fingerprint density at radius 1 is 0.883 bits per heavy atom. The van der Waals surface area contributed by atoms with Crippen LogP contribution in [0.5, 0.6) is 0 Å². The maximum atomic E-state index is 15.5. The van der Waals surface area contributed by atoms with Gasteiger partial charge in [-0.2, -0.15) is 0 Å². The zero-order valence-electron chi connectivity index (χ0n) is 42.5. The number of nitrogens with one attached hydrogen (secondary N) is 5. The minimum absolute atomic E-state index is 0.0183. The number of hydrogen-bond acceptors (Lipinski definition) is 14. The number of benzene rings is 2. The summed E-state index contributed by atoms with van der Waals surface area (Å²) >= 11 is 0. The molecule has 404 valence electrons. The molecule has 1 aliphatic carbocycles. The molecule has 1 unspecified atom stereocenters. The number of aryl methyl sites for hydroxylation is 1. The first-order valence-corrected chi connectivity index (χ1v) is 25.6. The fraction of sp³-hybridized carbons (Fsp3) is 0.426. The Bertz CT molecular complexity index is 3200. The standard InChI is InChI=1S/C54H58FN9O13/c1-3-54(75)35-20-40-50-33(26-64(40)52(73)34(35)27-76-53(54)74)49-39(14-13-32-29(2)36(55)21-37(61-50)48(32)49)63-25-31(19-47(63)71)77-28-59-43(67)23-58-51(72)38(18-30-10-6-4-7-11-30)60-44(68)24-57-42(66)22-56-41(65)12-8-5-9-17-62-45(69)15-16-46(62)70/h4,6-7,10-11,15-16,20-21,31,38-39,75H,3,5,8-9,12-14,17-19,22-28H2,1-2H3,(H,56,65)(H,57,66)(H,58,72)(H,59,67)(H,60,68)/t31?,38-,39-,54-/m0/s1. The van der Waals surface area contributed by atoms with E-state index in [1.807, 2.05) is 0 Å². The van der Waals surface area contributed by atoms with E-state index in [0.717, 1.165) is 16.0 Å². The monoisotopic (exact) mass is 1060 g/mol. The number of cyclic esters (lactones) is 1. The van der Waals surface area contributed by atoms with Gasteiger partial charge in [-0.05, 0) is 67.3 Å². The number of pyridine rings is 2. The number of amides is 8. The Balaban J connectivity index is 0.769. The van der Waals surface area contributed by atoms with Gasteiger partial charge in [0, 0.05) is 60.7 Å². The third-order valence-corrected chi connectivity index (χ3v) is 14.9. The van der Waals surface area contributed by atoms with Crippen LogP contribution in [0.15, 0.2) is 59.4 Å². The van der Waals surface area contributed by atoms with Gasteiger partial charge < -0.3 is 50.6 Å². The number of esters is 1. The number of hydrogen-bond donors (Lipinski definition) is 6. The van der Waals surface area contributed by atoms with Crippen molar-refractivity contribution in [2.45, 2.75) is 109 Å². The number of ether oxygens (including phenoxy) is 2. The zero-order chi connectivity index (χ0) is 54.7. The van der Waals surface area contributed by atoms with Crippen molar-refractivity contribution in [2.24, 2.45) is 0 Å². The van der Waals surface area contributed by atoms with Gasteiger partial charge in [0.25, 0.3) is 17.4 Å². The molecule has 0 saturated carbocycles. The Hall–Kier alpha value is -8.18. The van der Waals surface area contributed by atoms with Gasteiger partial charge >= 0.3 is 5.97 Å². The normalized spacial score (nSPS) is 19.4. The van der Waals surface area contributed by atoms with Gasteiger partial charge in [0.15, 0.2) is 5.60 Å². The summed E-state index contributed by atoms with van der Waals surface area (Å²) in [5, 5.41) is 24.7. The summed E-state index contributed by atoms with van der Waals surface area (Å²) in [6, 6.07) is 10.1.